The van der Waals surface area contributed by atoms with Crippen LogP contribution in [0.25, 0.3) is 0 Å². The molecule has 0 aromatic carbocycles. The number of hydrogen-bond donors (Lipinski definition) is 1. The van der Waals surface area contributed by atoms with Crippen LogP contribution in [-0.4, -0.2) is 45.2 Å². The van der Waals surface area contributed by atoms with E-state index in [0.717, 1.165) is 0 Å². The number of hydrogen-bond acceptors (Lipinski definition) is 4. The lowest BCUT2D eigenvalue weighted by molar-refractivity contribution is -0.152. The second-order valence-electron chi connectivity index (χ2n) is 4.86. The Balaban J connectivity index is 2.04. The SMILES string of the molecule is CCC1(C(=O)O)CCN(C(=O)c2ccnnc2)CC1. The molecule has 19 heavy (non-hydrogen) atoms. The highest BCUT2D eigenvalue weighted by atomic mass is 16.4. The van der Waals surface area contributed by atoms with Gasteiger partial charge in [0.2, 0.25) is 0 Å². The van der Waals surface area contributed by atoms with Gasteiger partial charge in [-0.15, -0.1) is 0 Å². The molecule has 1 saturated heterocycles. The summed E-state index contributed by atoms with van der Waals surface area (Å²) in [6.45, 7) is 2.83. The molecular weight excluding hydrogens is 246 g/mol. The van der Waals surface area contributed by atoms with E-state index in [9.17, 15) is 14.7 Å². The molecule has 1 aliphatic heterocycles. The van der Waals surface area contributed by atoms with Crippen LogP contribution in [0.5, 0.6) is 0 Å². The van der Waals surface area contributed by atoms with E-state index in [1.165, 1.54) is 12.4 Å². The molecule has 1 amide bonds. The summed E-state index contributed by atoms with van der Waals surface area (Å²) in [5.74, 6) is -0.863. The number of likely N-dealkylation sites (tertiary alicyclic amines) is 1. The highest BCUT2D eigenvalue weighted by molar-refractivity contribution is 5.94. The largest absolute Gasteiger partial charge is 0.481 e. The third-order valence-electron chi connectivity index (χ3n) is 3.97. The quantitative estimate of drug-likeness (QED) is 0.885. The van der Waals surface area contributed by atoms with Gasteiger partial charge in [-0.2, -0.15) is 10.2 Å². The fourth-order valence-electron chi connectivity index (χ4n) is 2.46. The zero-order chi connectivity index (χ0) is 13.9. The van der Waals surface area contributed by atoms with Crippen LogP contribution in [0.2, 0.25) is 0 Å². The van der Waals surface area contributed by atoms with Gasteiger partial charge >= 0.3 is 5.97 Å². The maximum Gasteiger partial charge on any atom is 0.309 e. The first kappa shape index (κ1) is 13.5. The number of aromatic nitrogens is 2. The first-order valence-electron chi connectivity index (χ1n) is 6.38. The second kappa shape index (κ2) is 5.34. The first-order chi connectivity index (χ1) is 9.09. The maximum absolute atomic E-state index is 12.2. The lowest BCUT2D eigenvalue weighted by atomic mass is 9.76. The standard InChI is InChI=1S/C13H17N3O3/c1-2-13(12(18)19)4-7-16(8-5-13)11(17)10-3-6-14-15-9-10/h3,6,9H,2,4-5,7-8H2,1H3,(H,18,19). The van der Waals surface area contributed by atoms with E-state index in [1.54, 1.807) is 11.0 Å². The fraction of sp³-hybridized carbons (Fsp3) is 0.538. The molecule has 0 spiro atoms. The zero-order valence-electron chi connectivity index (χ0n) is 10.9. The van der Waals surface area contributed by atoms with Crippen molar-refractivity contribution in [2.24, 2.45) is 5.41 Å². The van der Waals surface area contributed by atoms with Crippen molar-refractivity contribution in [2.75, 3.05) is 13.1 Å². The van der Waals surface area contributed by atoms with Gasteiger partial charge in [0, 0.05) is 13.1 Å². The van der Waals surface area contributed by atoms with Gasteiger partial charge in [-0.05, 0) is 25.3 Å². The van der Waals surface area contributed by atoms with Crippen molar-refractivity contribution in [1.82, 2.24) is 15.1 Å². The highest BCUT2D eigenvalue weighted by Crippen LogP contribution is 2.35. The van der Waals surface area contributed by atoms with E-state index in [2.05, 4.69) is 10.2 Å². The lowest BCUT2D eigenvalue weighted by Gasteiger charge is -2.38. The Morgan fingerprint density at radius 2 is 2.05 bits per heavy atom. The lowest BCUT2D eigenvalue weighted by Crippen LogP contribution is -2.46. The van der Waals surface area contributed by atoms with Gasteiger partial charge < -0.3 is 10.0 Å². The molecular formula is C13H17N3O3. The Bertz CT molecular complexity index is 467. The van der Waals surface area contributed by atoms with E-state index in [4.69, 9.17) is 0 Å². The van der Waals surface area contributed by atoms with Crippen molar-refractivity contribution in [3.05, 3.63) is 24.0 Å². The molecule has 1 aliphatic rings. The molecule has 6 nitrogen and oxygen atoms in total. The topological polar surface area (TPSA) is 83.4 Å². The summed E-state index contributed by atoms with van der Waals surface area (Å²) >= 11 is 0. The molecule has 2 rings (SSSR count). The molecule has 2 heterocycles. The van der Waals surface area contributed by atoms with Gasteiger partial charge in [0.1, 0.15) is 0 Å². The number of carboxylic acid groups (broad SMARTS) is 1. The number of piperidine rings is 1. The van der Waals surface area contributed by atoms with Crippen LogP contribution in [0.4, 0.5) is 0 Å². The Morgan fingerprint density at radius 1 is 1.37 bits per heavy atom. The van der Waals surface area contributed by atoms with Crippen molar-refractivity contribution in [2.45, 2.75) is 26.2 Å². The molecule has 0 unspecified atom stereocenters. The molecule has 1 aromatic heterocycles. The summed E-state index contributed by atoms with van der Waals surface area (Å²) in [7, 11) is 0. The predicted molar refractivity (Wildman–Crippen MR) is 67.5 cm³/mol. The van der Waals surface area contributed by atoms with Crippen molar-refractivity contribution in [3.63, 3.8) is 0 Å². The Hall–Kier alpha value is -1.98. The Kier molecular flexibility index (Phi) is 3.78. The molecule has 102 valence electrons. The van der Waals surface area contributed by atoms with Crippen LogP contribution in [0, 0.1) is 5.41 Å². The molecule has 0 atom stereocenters. The molecule has 1 N–H and O–H groups in total. The molecule has 1 aromatic rings. The smallest absolute Gasteiger partial charge is 0.309 e. The van der Waals surface area contributed by atoms with Gasteiger partial charge in [0.15, 0.2) is 0 Å². The van der Waals surface area contributed by atoms with Crippen LogP contribution in [0.15, 0.2) is 18.5 Å². The summed E-state index contributed by atoms with van der Waals surface area (Å²) in [4.78, 5) is 25.2. The van der Waals surface area contributed by atoms with Gasteiger partial charge in [0.05, 0.1) is 23.4 Å². The summed E-state index contributed by atoms with van der Waals surface area (Å²) in [5.41, 5.74) is -0.179. The molecule has 0 aliphatic carbocycles. The average molecular weight is 263 g/mol. The van der Waals surface area contributed by atoms with Crippen LogP contribution in [0.3, 0.4) is 0 Å². The minimum atomic E-state index is -0.757. The Labute approximate surface area is 111 Å². The molecule has 0 radical (unpaired) electrons. The summed E-state index contributed by atoms with van der Waals surface area (Å²) in [6, 6.07) is 1.62. The number of aliphatic carboxylic acids is 1. The minimum absolute atomic E-state index is 0.106. The third-order valence-corrected chi connectivity index (χ3v) is 3.97. The second-order valence-corrected chi connectivity index (χ2v) is 4.86. The van der Waals surface area contributed by atoms with E-state index >= 15 is 0 Å². The Morgan fingerprint density at radius 3 is 2.53 bits per heavy atom. The van der Waals surface area contributed by atoms with Crippen LogP contribution < -0.4 is 0 Å². The van der Waals surface area contributed by atoms with Crippen LogP contribution in [0.1, 0.15) is 36.5 Å². The van der Waals surface area contributed by atoms with E-state index in [0.29, 0.717) is 37.9 Å². The summed E-state index contributed by atoms with van der Waals surface area (Å²) < 4.78 is 0. The number of rotatable bonds is 3. The zero-order valence-corrected chi connectivity index (χ0v) is 10.9. The third kappa shape index (κ3) is 2.57. The normalized spacial score (nSPS) is 18.1. The van der Waals surface area contributed by atoms with Gasteiger partial charge in [-0.1, -0.05) is 6.92 Å². The van der Waals surface area contributed by atoms with E-state index in [-0.39, 0.29) is 5.91 Å². The van der Waals surface area contributed by atoms with Crippen LogP contribution >= 0.6 is 0 Å². The number of carbonyl (C=O) groups is 2. The van der Waals surface area contributed by atoms with Gasteiger partial charge in [-0.25, -0.2) is 0 Å². The van der Waals surface area contributed by atoms with Gasteiger partial charge in [0.25, 0.3) is 5.91 Å². The monoisotopic (exact) mass is 263 g/mol. The molecule has 1 fully saturated rings. The predicted octanol–water partition coefficient (Wildman–Crippen LogP) is 1.19. The summed E-state index contributed by atoms with van der Waals surface area (Å²) in [5, 5.41) is 16.6. The summed E-state index contributed by atoms with van der Waals surface area (Å²) in [6.07, 6.45) is 4.51. The van der Waals surface area contributed by atoms with E-state index < -0.39 is 11.4 Å². The molecule has 6 heteroatoms. The number of nitrogens with zero attached hydrogens (tertiary/aromatic N) is 3. The minimum Gasteiger partial charge on any atom is -0.481 e. The van der Waals surface area contributed by atoms with Crippen molar-refractivity contribution < 1.29 is 14.7 Å². The molecule has 0 saturated carbocycles. The fourth-order valence-corrected chi connectivity index (χ4v) is 2.46. The average Bonchev–Trinajstić information content (AvgIpc) is 2.47. The van der Waals surface area contributed by atoms with Gasteiger partial charge in [-0.3, -0.25) is 9.59 Å². The van der Waals surface area contributed by atoms with Crippen molar-refractivity contribution >= 4 is 11.9 Å². The molecule has 0 bridgehead atoms. The first-order valence-corrected chi connectivity index (χ1v) is 6.38. The maximum atomic E-state index is 12.2. The number of amides is 1. The number of carboxylic acids is 1. The van der Waals surface area contributed by atoms with Crippen molar-refractivity contribution in [3.8, 4) is 0 Å². The highest BCUT2D eigenvalue weighted by Gasteiger charge is 2.40. The van der Waals surface area contributed by atoms with E-state index in [1.807, 2.05) is 6.92 Å². The van der Waals surface area contributed by atoms with Crippen LogP contribution in [-0.2, 0) is 4.79 Å². The van der Waals surface area contributed by atoms with Crippen molar-refractivity contribution in [1.29, 1.82) is 0 Å². The number of carbonyl (C=O) groups excluding carboxylic acids is 1.